The van der Waals surface area contributed by atoms with Crippen LogP contribution >= 0.6 is 0 Å². The highest BCUT2D eigenvalue weighted by atomic mass is 16.5. The van der Waals surface area contributed by atoms with Gasteiger partial charge >= 0.3 is 0 Å². The first-order chi connectivity index (χ1) is 7.86. The molecule has 0 aromatic carbocycles. The van der Waals surface area contributed by atoms with E-state index in [1.807, 2.05) is 0 Å². The quantitative estimate of drug-likeness (QED) is 0.638. The first kappa shape index (κ1) is 13.9. The fraction of sp³-hybridized carbons (Fsp3) is 1.00. The van der Waals surface area contributed by atoms with Crippen LogP contribution in [0.3, 0.4) is 0 Å². The summed E-state index contributed by atoms with van der Waals surface area (Å²) in [5.41, 5.74) is 5.54. The molecule has 96 valence electrons. The van der Waals surface area contributed by atoms with E-state index in [-0.39, 0.29) is 0 Å². The molecule has 0 aliphatic carbocycles. The van der Waals surface area contributed by atoms with Gasteiger partial charge in [-0.1, -0.05) is 0 Å². The van der Waals surface area contributed by atoms with Crippen LogP contribution in [0.2, 0.25) is 0 Å². The van der Waals surface area contributed by atoms with E-state index < -0.39 is 0 Å². The Kier molecular flexibility index (Phi) is 7.76. The zero-order valence-corrected chi connectivity index (χ0v) is 10.5. The van der Waals surface area contributed by atoms with Crippen molar-refractivity contribution in [3.05, 3.63) is 0 Å². The van der Waals surface area contributed by atoms with Gasteiger partial charge in [-0.2, -0.15) is 0 Å². The minimum atomic E-state index is 0.489. The van der Waals surface area contributed by atoms with Crippen molar-refractivity contribution in [3.63, 3.8) is 0 Å². The molecule has 2 N–H and O–H groups in total. The summed E-state index contributed by atoms with van der Waals surface area (Å²) in [7, 11) is 1.75. The average molecular weight is 230 g/mol. The highest BCUT2D eigenvalue weighted by Crippen LogP contribution is 2.15. The van der Waals surface area contributed by atoms with Crippen LogP contribution in [0.5, 0.6) is 0 Å². The lowest BCUT2D eigenvalue weighted by molar-refractivity contribution is 0.0849. The second kappa shape index (κ2) is 8.93. The molecule has 1 aliphatic rings. The lowest BCUT2D eigenvalue weighted by Crippen LogP contribution is -2.32. The molecule has 1 rings (SSSR count). The van der Waals surface area contributed by atoms with Crippen molar-refractivity contribution in [1.29, 1.82) is 0 Å². The number of hydrogen-bond donors (Lipinski definition) is 1. The molecule has 4 nitrogen and oxygen atoms in total. The molecule has 1 fully saturated rings. The Balaban J connectivity index is 2.13. The Morgan fingerprint density at radius 3 is 2.88 bits per heavy atom. The third-order valence-electron chi connectivity index (χ3n) is 3.08. The van der Waals surface area contributed by atoms with Crippen LogP contribution < -0.4 is 5.73 Å². The second-order valence-corrected chi connectivity index (χ2v) is 4.40. The van der Waals surface area contributed by atoms with Crippen LogP contribution in [0, 0.1) is 0 Å². The SMILES string of the molecule is COCCN(CCCN)CCC1CCCO1. The van der Waals surface area contributed by atoms with Gasteiger partial charge in [-0.25, -0.2) is 0 Å². The smallest absolute Gasteiger partial charge is 0.0589 e. The minimum absolute atomic E-state index is 0.489. The van der Waals surface area contributed by atoms with Crippen molar-refractivity contribution in [2.75, 3.05) is 46.5 Å². The lowest BCUT2D eigenvalue weighted by Gasteiger charge is -2.23. The molecular formula is C12H26N2O2. The van der Waals surface area contributed by atoms with Gasteiger partial charge in [-0.3, -0.25) is 0 Å². The molecule has 0 radical (unpaired) electrons. The third-order valence-corrected chi connectivity index (χ3v) is 3.08. The van der Waals surface area contributed by atoms with Crippen LogP contribution in [0.25, 0.3) is 0 Å². The molecule has 1 atom stereocenters. The fourth-order valence-electron chi connectivity index (χ4n) is 2.07. The molecule has 0 spiro atoms. The number of rotatable bonds is 9. The van der Waals surface area contributed by atoms with Gasteiger partial charge in [0, 0.05) is 26.8 Å². The minimum Gasteiger partial charge on any atom is -0.383 e. The van der Waals surface area contributed by atoms with Crippen LogP contribution in [0.1, 0.15) is 25.7 Å². The zero-order chi connectivity index (χ0) is 11.6. The van der Waals surface area contributed by atoms with Gasteiger partial charge in [0.05, 0.1) is 12.7 Å². The molecule has 0 bridgehead atoms. The van der Waals surface area contributed by atoms with E-state index in [0.717, 1.165) is 52.2 Å². The van der Waals surface area contributed by atoms with E-state index in [0.29, 0.717) is 6.10 Å². The van der Waals surface area contributed by atoms with E-state index in [2.05, 4.69) is 4.90 Å². The molecule has 1 saturated heterocycles. The summed E-state index contributed by atoms with van der Waals surface area (Å²) in [6, 6.07) is 0. The Morgan fingerprint density at radius 1 is 1.38 bits per heavy atom. The molecule has 1 heterocycles. The van der Waals surface area contributed by atoms with Gasteiger partial charge in [0.15, 0.2) is 0 Å². The van der Waals surface area contributed by atoms with E-state index >= 15 is 0 Å². The van der Waals surface area contributed by atoms with Gasteiger partial charge in [-0.05, 0) is 38.8 Å². The van der Waals surface area contributed by atoms with E-state index in [4.69, 9.17) is 15.2 Å². The maximum Gasteiger partial charge on any atom is 0.0589 e. The number of nitrogens with two attached hydrogens (primary N) is 1. The molecule has 0 amide bonds. The predicted molar refractivity (Wildman–Crippen MR) is 65.6 cm³/mol. The van der Waals surface area contributed by atoms with E-state index in [1.165, 1.54) is 12.8 Å². The van der Waals surface area contributed by atoms with Crippen LogP contribution in [0.15, 0.2) is 0 Å². The van der Waals surface area contributed by atoms with Gasteiger partial charge in [0.25, 0.3) is 0 Å². The van der Waals surface area contributed by atoms with Crippen molar-refractivity contribution >= 4 is 0 Å². The number of ether oxygens (including phenoxy) is 2. The zero-order valence-electron chi connectivity index (χ0n) is 10.5. The maximum absolute atomic E-state index is 5.63. The highest BCUT2D eigenvalue weighted by molar-refractivity contribution is 4.68. The summed E-state index contributed by atoms with van der Waals surface area (Å²) in [6.45, 7) is 5.70. The van der Waals surface area contributed by atoms with Crippen molar-refractivity contribution < 1.29 is 9.47 Å². The summed E-state index contributed by atoms with van der Waals surface area (Å²) in [5, 5.41) is 0. The molecule has 0 aromatic heterocycles. The Bertz CT molecular complexity index is 153. The first-order valence-corrected chi connectivity index (χ1v) is 6.39. The van der Waals surface area contributed by atoms with Gasteiger partial charge in [-0.15, -0.1) is 0 Å². The largest absolute Gasteiger partial charge is 0.383 e. The summed E-state index contributed by atoms with van der Waals surface area (Å²) >= 11 is 0. The molecule has 0 saturated carbocycles. The summed E-state index contributed by atoms with van der Waals surface area (Å²) < 4.78 is 10.7. The number of methoxy groups -OCH3 is 1. The van der Waals surface area contributed by atoms with Crippen LogP contribution in [0.4, 0.5) is 0 Å². The van der Waals surface area contributed by atoms with Crippen molar-refractivity contribution in [2.45, 2.75) is 31.8 Å². The van der Waals surface area contributed by atoms with E-state index in [9.17, 15) is 0 Å². The Morgan fingerprint density at radius 2 is 2.25 bits per heavy atom. The summed E-state index contributed by atoms with van der Waals surface area (Å²) in [5.74, 6) is 0. The normalized spacial score (nSPS) is 20.8. The highest BCUT2D eigenvalue weighted by Gasteiger charge is 2.16. The molecular weight excluding hydrogens is 204 g/mol. The Labute approximate surface area is 99.1 Å². The van der Waals surface area contributed by atoms with Crippen molar-refractivity contribution in [1.82, 2.24) is 4.90 Å². The number of nitrogens with zero attached hydrogens (tertiary/aromatic N) is 1. The number of hydrogen-bond acceptors (Lipinski definition) is 4. The average Bonchev–Trinajstić information content (AvgIpc) is 2.81. The summed E-state index contributed by atoms with van der Waals surface area (Å²) in [6.07, 6.45) is 5.16. The molecule has 4 heteroatoms. The Hall–Kier alpha value is -0.160. The topological polar surface area (TPSA) is 47.7 Å². The van der Waals surface area contributed by atoms with Gasteiger partial charge < -0.3 is 20.1 Å². The monoisotopic (exact) mass is 230 g/mol. The van der Waals surface area contributed by atoms with Crippen LogP contribution in [-0.2, 0) is 9.47 Å². The standard InChI is InChI=1S/C12H26N2O2/c1-15-11-9-14(7-3-6-13)8-5-12-4-2-10-16-12/h12H,2-11,13H2,1H3. The fourth-order valence-corrected chi connectivity index (χ4v) is 2.07. The molecule has 1 aliphatic heterocycles. The maximum atomic E-state index is 5.63. The third kappa shape index (κ3) is 5.80. The predicted octanol–water partition coefficient (Wildman–Crippen LogP) is 0.853. The molecule has 1 unspecified atom stereocenters. The first-order valence-electron chi connectivity index (χ1n) is 6.39. The van der Waals surface area contributed by atoms with E-state index in [1.54, 1.807) is 7.11 Å². The van der Waals surface area contributed by atoms with Gasteiger partial charge in [0.1, 0.15) is 0 Å². The summed E-state index contributed by atoms with van der Waals surface area (Å²) in [4.78, 5) is 2.43. The van der Waals surface area contributed by atoms with Crippen molar-refractivity contribution in [2.24, 2.45) is 5.73 Å². The van der Waals surface area contributed by atoms with Gasteiger partial charge in [0.2, 0.25) is 0 Å². The van der Waals surface area contributed by atoms with Crippen LogP contribution in [-0.4, -0.2) is 57.5 Å². The molecule has 16 heavy (non-hydrogen) atoms. The lowest BCUT2D eigenvalue weighted by atomic mass is 10.2. The molecule has 0 aromatic rings. The second-order valence-electron chi connectivity index (χ2n) is 4.40. The van der Waals surface area contributed by atoms with Crippen molar-refractivity contribution in [3.8, 4) is 0 Å².